The molecule has 0 saturated carbocycles. The first-order valence-electron chi connectivity index (χ1n) is 5.38. The summed E-state index contributed by atoms with van der Waals surface area (Å²) >= 11 is 1.25. The molecule has 94 valence electrons. The normalized spacial score (nSPS) is 13.4. The van der Waals surface area contributed by atoms with E-state index in [0.717, 1.165) is 4.90 Å². The predicted molar refractivity (Wildman–Crippen MR) is 69.0 cm³/mol. The summed E-state index contributed by atoms with van der Waals surface area (Å²) in [5.41, 5.74) is 0.173. The van der Waals surface area contributed by atoms with Crippen molar-refractivity contribution < 1.29 is 9.11 Å². The van der Waals surface area contributed by atoms with Crippen LogP contribution in [0.4, 0.5) is 5.69 Å². The zero-order valence-electron chi connectivity index (χ0n) is 10.5. The number of benzene rings is 1. The van der Waals surface area contributed by atoms with Gasteiger partial charge < -0.3 is 4.18 Å². The maximum absolute atomic E-state index is 10.5. The highest BCUT2D eigenvalue weighted by Gasteiger charge is 2.21. The first-order valence-corrected chi connectivity index (χ1v) is 6.12. The monoisotopic (exact) mass is 255 g/mol. The van der Waals surface area contributed by atoms with Gasteiger partial charge in [0, 0.05) is 29.1 Å². The summed E-state index contributed by atoms with van der Waals surface area (Å²) < 4.78 is 5.64. The molecule has 5 heteroatoms. The van der Waals surface area contributed by atoms with E-state index < -0.39 is 4.92 Å². The van der Waals surface area contributed by atoms with Crippen molar-refractivity contribution in [3.05, 3.63) is 34.4 Å². The zero-order chi connectivity index (χ0) is 13.1. The van der Waals surface area contributed by atoms with Gasteiger partial charge in [0.05, 0.1) is 11.0 Å². The van der Waals surface area contributed by atoms with E-state index >= 15 is 0 Å². The summed E-state index contributed by atoms with van der Waals surface area (Å²) in [5.74, 6) is 0. The molecule has 0 fully saturated rings. The summed E-state index contributed by atoms with van der Waals surface area (Å²) in [4.78, 5) is 10.9. The minimum Gasteiger partial charge on any atom is -0.307 e. The predicted octanol–water partition coefficient (Wildman–Crippen LogP) is 4.05. The van der Waals surface area contributed by atoms with E-state index in [-0.39, 0.29) is 17.2 Å². The average Bonchev–Trinajstić information content (AvgIpc) is 2.25. The minimum atomic E-state index is -0.410. The van der Waals surface area contributed by atoms with Crippen LogP contribution in [0.25, 0.3) is 0 Å². The number of rotatable bonds is 4. The zero-order valence-corrected chi connectivity index (χ0v) is 11.3. The molecule has 17 heavy (non-hydrogen) atoms. The summed E-state index contributed by atoms with van der Waals surface area (Å²) in [5, 5.41) is 10.5. The van der Waals surface area contributed by atoms with Crippen molar-refractivity contribution in [2.75, 3.05) is 0 Å². The van der Waals surface area contributed by atoms with Crippen LogP contribution in [-0.2, 0) is 4.18 Å². The molecule has 0 aromatic heterocycles. The third-order valence-corrected chi connectivity index (χ3v) is 3.41. The van der Waals surface area contributed by atoms with E-state index in [2.05, 4.69) is 20.8 Å². The molecule has 0 aliphatic carbocycles. The molecular formula is C12H17NO3S. The highest BCUT2D eigenvalue weighted by atomic mass is 32.2. The Balaban J connectivity index is 2.56. The number of hydrogen-bond donors (Lipinski definition) is 0. The standard InChI is InChI=1S/C12H17NO3S/c1-9(12(2,3)4)16-17-11-7-5-10(6-8-11)13(14)15/h5-9H,1-4H3. The van der Waals surface area contributed by atoms with Crippen LogP contribution in [0.5, 0.6) is 0 Å². The lowest BCUT2D eigenvalue weighted by atomic mass is 9.91. The highest BCUT2D eigenvalue weighted by molar-refractivity contribution is 7.94. The molecule has 0 spiro atoms. The lowest BCUT2D eigenvalue weighted by Crippen LogP contribution is -2.23. The Bertz CT molecular complexity index is 384. The van der Waals surface area contributed by atoms with E-state index in [1.807, 2.05) is 6.92 Å². The van der Waals surface area contributed by atoms with Crippen molar-refractivity contribution in [2.45, 2.75) is 38.7 Å². The van der Waals surface area contributed by atoms with E-state index in [9.17, 15) is 10.1 Å². The van der Waals surface area contributed by atoms with Crippen LogP contribution in [0.3, 0.4) is 0 Å². The third kappa shape index (κ3) is 4.36. The van der Waals surface area contributed by atoms with Crippen LogP contribution < -0.4 is 0 Å². The molecule has 1 unspecified atom stereocenters. The second-order valence-electron chi connectivity index (χ2n) is 4.94. The van der Waals surface area contributed by atoms with Gasteiger partial charge in [0.25, 0.3) is 5.69 Å². The van der Waals surface area contributed by atoms with Gasteiger partial charge in [-0.05, 0) is 24.5 Å². The minimum absolute atomic E-state index is 0.0772. The van der Waals surface area contributed by atoms with Gasteiger partial charge in [-0.15, -0.1) is 0 Å². The van der Waals surface area contributed by atoms with Crippen LogP contribution in [-0.4, -0.2) is 11.0 Å². The largest absolute Gasteiger partial charge is 0.307 e. The average molecular weight is 255 g/mol. The van der Waals surface area contributed by atoms with Gasteiger partial charge in [-0.25, -0.2) is 0 Å². The topological polar surface area (TPSA) is 52.4 Å². The molecule has 0 bridgehead atoms. The molecule has 1 atom stereocenters. The Labute approximate surface area is 106 Å². The van der Waals surface area contributed by atoms with Crippen LogP contribution in [0.15, 0.2) is 29.2 Å². The molecule has 4 nitrogen and oxygen atoms in total. The van der Waals surface area contributed by atoms with Crippen LogP contribution in [0.1, 0.15) is 27.7 Å². The number of non-ortho nitro benzene ring substituents is 1. The summed E-state index contributed by atoms with van der Waals surface area (Å²) in [6, 6.07) is 6.34. The Hall–Kier alpha value is -1.07. The smallest absolute Gasteiger partial charge is 0.269 e. The van der Waals surface area contributed by atoms with E-state index in [0.29, 0.717) is 0 Å². The summed E-state index contributed by atoms with van der Waals surface area (Å²) in [6.07, 6.45) is 0.0997. The molecule has 0 aliphatic rings. The fraction of sp³-hybridized carbons (Fsp3) is 0.500. The van der Waals surface area contributed by atoms with Crippen LogP contribution in [0.2, 0.25) is 0 Å². The Morgan fingerprint density at radius 2 is 1.82 bits per heavy atom. The first kappa shape index (κ1) is 14.0. The SMILES string of the molecule is CC(OSc1ccc([N+](=O)[O-])cc1)C(C)(C)C. The summed E-state index contributed by atoms with van der Waals surface area (Å²) in [6.45, 7) is 8.33. The first-order chi connectivity index (χ1) is 7.80. The molecule has 1 rings (SSSR count). The maximum atomic E-state index is 10.5. The van der Waals surface area contributed by atoms with Gasteiger partial charge in [0.15, 0.2) is 0 Å². The number of nitro benzene ring substituents is 1. The van der Waals surface area contributed by atoms with Gasteiger partial charge in [-0.1, -0.05) is 20.8 Å². The molecule has 1 aromatic carbocycles. The molecule has 0 saturated heterocycles. The molecule has 0 aliphatic heterocycles. The second kappa shape index (κ2) is 5.51. The van der Waals surface area contributed by atoms with Gasteiger partial charge in [0.2, 0.25) is 0 Å². The molecule has 0 heterocycles. The second-order valence-corrected chi connectivity index (χ2v) is 5.77. The van der Waals surface area contributed by atoms with Crippen molar-refractivity contribution in [3.8, 4) is 0 Å². The summed E-state index contributed by atoms with van der Waals surface area (Å²) in [7, 11) is 0. The van der Waals surface area contributed by atoms with Crippen molar-refractivity contribution in [2.24, 2.45) is 5.41 Å². The van der Waals surface area contributed by atoms with Gasteiger partial charge in [0.1, 0.15) is 0 Å². The fourth-order valence-corrected chi connectivity index (χ4v) is 1.69. The molecule has 0 amide bonds. The maximum Gasteiger partial charge on any atom is 0.269 e. The Kier molecular flexibility index (Phi) is 4.54. The highest BCUT2D eigenvalue weighted by Crippen LogP contribution is 2.29. The lowest BCUT2D eigenvalue weighted by molar-refractivity contribution is -0.384. The van der Waals surface area contributed by atoms with Gasteiger partial charge >= 0.3 is 0 Å². The number of hydrogen-bond acceptors (Lipinski definition) is 4. The molecular weight excluding hydrogens is 238 g/mol. The molecule has 0 radical (unpaired) electrons. The Morgan fingerprint density at radius 3 is 2.24 bits per heavy atom. The van der Waals surface area contributed by atoms with Gasteiger partial charge in [-0.2, -0.15) is 0 Å². The quantitative estimate of drug-likeness (QED) is 0.462. The van der Waals surface area contributed by atoms with Crippen molar-refractivity contribution in [3.63, 3.8) is 0 Å². The Morgan fingerprint density at radius 1 is 1.29 bits per heavy atom. The third-order valence-electron chi connectivity index (χ3n) is 2.56. The van der Waals surface area contributed by atoms with E-state index in [1.54, 1.807) is 12.1 Å². The molecule has 0 N–H and O–H groups in total. The molecule has 1 aromatic rings. The van der Waals surface area contributed by atoms with Crippen molar-refractivity contribution in [1.29, 1.82) is 0 Å². The van der Waals surface area contributed by atoms with E-state index in [4.69, 9.17) is 4.18 Å². The number of nitrogens with zero attached hydrogens (tertiary/aromatic N) is 1. The fourth-order valence-electron chi connectivity index (χ4n) is 0.895. The van der Waals surface area contributed by atoms with Crippen LogP contribution >= 0.6 is 12.0 Å². The van der Waals surface area contributed by atoms with Crippen molar-refractivity contribution in [1.82, 2.24) is 0 Å². The van der Waals surface area contributed by atoms with Crippen LogP contribution in [0, 0.1) is 15.5 Å². The van der Waals surface area contributed by atoms with E-state index in [1.165, 1.54) is 24.2 Å². The van der Waals surface area contributed by atoms with Crippen molar-refractivity contribution >= 4 is 17.7 Å². The lowest BCUT2D eigenvalue weighted by Gasteiger charge is -2.26. The van der Waals surface area contributed by atoms with Gasteiger partial charge in [-0.3, -0.25) is 10.1 Å². The number of nitro groups is 1.